The quantitative estimate of drug-likeness (QED) is 0.603. The molecule has 2 heterocycles. The van der Waals surface area contributed by atoms with Crippen LogP contribution in [-0.4, -0.2) is 51.7 Å². The number of aryl methyl sites for hydroxylation is 1. The second kappa shape index (κ2) is 9.32. The number of carbonyl (C=O) groups is 1. The number of hydrogen-bond acceptors (Lipinski definition) is 4. The molecule has 0 unspecified atom stereocenters. The molecule has 1 fully saturated rings. The third-order valence-corrected chi connectivity index (χ3v) is 5.54. The highest BCUT2D eigenvalue weighted by Crippen LogP contribution is 2.17. The maximum absolute atomic E-state index is 13.0. The first-order valence-corrected chi connectivity index (χ1v) is 10.4. The van der Waals surface area contributed by atoms with Gasteiger partial charge in [0.25, 0.3) is 5.91 Å². The van der Waals surface area contributed by atoms with Crippen LogP contribution in [0.2, 0.25) is 5.02 Å². The van der Waals surface area contributed by atoms with Crippen molar-refractivity contribution in [3.8, 4) is 5.75 Å². The SMILES string of the molecule is Cc1ccc(CN2CCN(C(=O)c3ccnn3COc3ccc(Cl)cc3)CC2)cc1. The molecule has 30 heavy (non-hydrogen) atoms. The van der Waals surface area contributed by atoms with E-state index in [2.05, 4.69) is 41.2 Å². The molecule has 0 radical (unpaired) electrons. The van der Waals surface area contributed by atoms with Gasteiger partial charge in [0.15, 0.2) is 6.73 Å². The first kappa shape index (κ1) is 20.4. The van der Waals surface area contributed by atoms with E-state index >= 15 is 0 Å². The van der Waals surface area contributed by atoms with E-state index in [0.717, 1.165) is 19.6 Å². The fourth-order valence-electron chi connectivity index (χ4n) is 3.51. The minimum atomic E-state index is -0.0119. The molecule has 1 saturated heterocycles. The van der Waals surface area contributed by atoms with Gasteiger partial charge in [0.05, 0.1) is 0 Å². The van der Waals surface area contributed by atoms with Gasteiger partial charge in [-0.25, -0.2) is 4.68 Å². The van der Waals surface area contributed by atoms with Crippen LogP contribution < -0.4 is 4.74 Å². The van der Waals surface area contributed by atoms with Crippen LogP contribution in [0, 0.1) is 6.92 Å². The van der Waals surface area contributed by atoms with E-state index in [1.165, 1.54) is 11.1 Å². The maximum atomic E-state index is 13.0. The van der Waals surface area contributed by atoms with E-state index in [1.807, 2.05) is 4.90 Å². The van der Waals surface area contributed by atoms with Crippen LogP contribution >= 0.6 is 11.6 Å². The van der Waals surface area contributed by atoms with Crippen molar-refractivity contribution < 1.29 is 9.53 Å². The molecule has 156 valence electrons. The minimum Gasteiger partial charge on any atom is -0.471 e. The van der Waals surface area contributed by atoms with Crippen molar-refractivity contribution in [1.29, 1.82) is 0 Å². The summed E-state index contributed by atoms with van der Waals surface area (Å²) >= 11 is 5.90. The molecule has 0 aliphatic carbocycles. The first-order chi connectivity index (χ1) is 14.6. The molecule has 0 N–H and O–H groups in total. The smallest absolute Gasteiger partial charge is 0.272 e. The van der Waals surface area contributed by atoms with Crippen LogP contribution in [0.25, 0.3) is 0 Å². The van der Waals surface area contributed by atoms with Gasteiger partial charge in [-0.15, -0.1) is 0 Å². The number of carbonyl (C=O) groups excluding carboxylic acids is 1. The summed E-state index contributed by atoms with van der Waals surface area (Å²) < 4.78 is 7.33. The molecular weight excluding hydrogens is 400 g/mol. The number of ether oxygens (including phenoxy) is 1. The van der Waals surface area contributed by atoms with Crippen LogP contribution in [0.4, 0.5) is 0 Å². The summed E-state index contributed by atoms with van der Waals surface area (Å²) in [5, 5.41) is 4.90. The Bertz CT molecular complexity index is 977. The summed E-state index contributed by atoms with van der Waals surface area (Å²) in [6.07, 6.45) is 1.63. The van der Waals surface area contributed by atoms with Gasteiger partial charge >= 0.3 is 0 Å². The Morgan fingerprint density at radius 3 is 2.40 bits per heavy atom. The number of rotatable bonds is 6. The van der Waals surface area contributed by atoms with E-state index in [4.69, 9.17) is 16.3 Å². The van der Waals surface area contributed by atoms with Gasteiger partial charge < -0.3 is 9.64 Å². The number of benzene rings is 2. The van der Waals surface area contributed by atoms with Crippen molar-refractivity contribution >= 4 is 17.5 Å². The summed E-state index contributed by atoms with van der Waals surface area (Å²) in [5.41, 5.74) is 3.11. The molecule has 0 bridgehead atoms. The molecule has 4 rings (SSSR count). The van der Waals surface area contributed by atoms with E-state index in [1.54, 1.807) is 41.2 Å². The zero-order valence-electron chi connectivity index (χ0n) is 17.0. The predicted octanol–water partition coefficient (Wildman–Crippen LogP) is 3.84. The lowest BCUT2D eigenvalue weighted by Gasteiger charge is -2.34. The van der Waals surface area contributed by atoms with Gasteiger partial charge in [0.1, 0.15) is 11.4 Å². The lowest BCUT2D eigenvalue weighted by atomic mass is 10.1. The molecule has 3 aromatic rings. The van der Waals surface area contributed by atoms with Crippen LogP contribution in [0.15, 0.2) is 60.8 Å². The number of piperazine rings is 1. The van der Waals surface area contributed by atoms with Crippen molar-refractivity contribution in [1.82, 2.24) is 19.6 Å². The summed E-state index contributed by atoms with van der Waals surface area (Å²) in [6.45, 7) is 6.30. The van der Waals surface area contributed by atoms with Crippen molar-refractivity contribution in [3.63, 3.8) is 0 Å². The van der Waals surface area contributed by atoms with Crippen LogP contribution in [0.5, 0.6) is 5.75 Å². The monoisotopic (exact) mass is 424 g/mol. The van der Waals surface area contributed by atoms with Gasteiger partial charge in [-0.1, -0.05) is 41.4 Å². The van der Waals surface area contributed by atoms with Gasteiger partial charge in [-0.2, -0.15) is 5.10 Å². The van der Waals surface area contributed by atoms with E-state index < -0.39 is 0 Å². The summed E-state index contributed by atoms with van der Waals surface area (Å²) in [5.74, 6) is 0.667. The Hall–Kier alpha value is -2.83. The highest BCUT2D eigenvalue weighted by atomic mass is 35.5. The van der Waals surface area contributed by atoms with Crippen LogP contribution in [-0.2, 0) is 13.3 Å². The Morgan fingerprint density at radius 1 is 1.00 bits per heavy atom. The Balaban J connectivity index is 1.31. The second-order valence-electron chi connectivity index (χ2n) is 7.50. The number of hydrogen-bond donors (Lipinski definition) is 0. The topological polar surface area (TPSA) is 50.6 Å². The number of amides is 1. The Labute approximate surface area is 181 Å². The summed E-state index contributed by atoms with van der Waals surface area (Å²) in [7, 11) is 0. The van der Waals surface area contributed by atoms with Gasteiger partial charge in [0, 0.05) is 43.9 Å². The van der Waals surface area contributed by atoms with Gasteiger partial charge in [-0.05, 0) is 42.8 Å². The highest BCUT2D eigenvalue weighted by molar-refractivity contribution is 6.30. The third kappa shape index (κ3) is 5.01. The zero-order valence-corrected chi connectivity index (χ0v) is 17.8. The second-order valence-corrected chi connectivity index (χ2v) is 7.93. The predicted molar refractivity (Wildman–Crippen MR) is 117 cm³/mol. The molecular formula is C23H25ClN4O2. The number of aromatic nitrogens is 2. The van der Waals surface area contributed by atoms with E-state index in [-0.39, 0.29) is 12.6 Å². The average Bonchev–Trinajstić information content (AvgIpc) is 3.24. The third-order valence-electron chi connectivity index (χ3n) is 5.29. The number of nitrogens with zero attached hydrogens (tertiary/aromatic N) is 4. The highest BCUT2D eigenvalue weighted by Gasteiger charge is 2.24. The Kier molecular flexibility index (Phi) is 6.35. The molecule has 0 atom stereocenters. The molecule has 7 heteroatoms. The van der Waals surface area contributed by atoms with Crippen LogP contribution in [0.1, 0.15) is 21.6 Å². The lowest BCUT2D eigenvalue weighted by Crippen LogP contribution is -2.48. The molecule has 1 amide bonds. The summed E-state index contributed by atoms with van der Waals surface area (Å²) in [6, 6.07) is 17.5. The first-order valence-electron chi connectivity index (χ1n) is 10.1. The molecule has 1 aliphatic rings. The lowest BCUT2D eigenvalue weighted by molar-refractivity contribution is 0.0607. The molecule has 1 aliphatic heterocycles. The van der Waals surface area contributed by atoms with Crippen molar-refractivity contribution in [2.75, 3.05) is 26.2 Å². The Morgan fingerprint density at radius 2 is 1.70 bits per heavy atom. The molecule has 1 aromatic heterocycles. The molecule has 0 saturated carbocycles. The minimum absolute atomic E-state index is 0.0119. The normalized spacial score (nSPS) is 14.7. The van der Waals surface area contributed by atoms with Crippen molar-refractivity contribution in [2.24, 2.45) is 0 Å². The van der Waals surface area contributed by atoms with Crippen LogP contribution in [0.3, 0.4) is 0 Å². The van der Waals surface area contributed by atoms with E-state index in [9.17, 15) is 4.79 Å². The molecule has 2 aromatic carbocycles. The fourth-order valence-corrected chi connectivity index (χ4v) is 3.63. The molecule has 6 nitrogen and oxygen atoms in total. The van der Waals surface area contributed by atoms with Crippen molar-refractivity contribution in [2.45, 2.75) is 20.2 Å². The van der Waals surface area contributed by atoms with Gasteiger partial charge in [-0.3, -0.25) is 9.69 Å². The largest absolute Gasteiger partial charge is 0.471 e. The molecule has 0 spiro atoms. The van der Waals surface area contributed by atoms with Gasteiger partial charge in [0.2, 0.25) is 0 Å². The van der Waals surface area contributed by atoms with E-state index in [0.29, 0.717) is 29.6 Å². The maximum Gasteiger partial charge on any atom is 0.272 e. The standard InChI is InChI=1S/C23H25ClN4O2/c1-18-2-4-19(5-3-18)16-26-12-14-27(15-13-26)23(29)22-10-11-25-28(22)17-30-21-8-6-20(24)7-9-21/h2-11H,12-17H2,1H3. The average molecular weight is 425 g/mol. The summed E-state index contributed by atoms with van der Waals surface area (Å²) in [4.78, 5) is 17.3. The number of halogens is 1. The zero-order chi connectivity index (χ0) is 20.9. The fraction of sp³-hybridized carbons (Fsp3) is 0.304. The van der Waals surface area contributed by atoms with Crippen molar-refractivity contribution in [3.05, 3.63) is 82.6 Å².